The van der Waals surface area contributed by atoms with Gasteiger partial charge < -0.3 is 14.8 Å². The van der Waals surface area contributed by atoms with Gasteiger partial charge >= 0.3 is 5.97 Å². The molecule has 6 nitrogen and oxygen atoms in total. The molecule has 8 heteroatoms. The number of halogens is 2. The molecular weight excluding hydrogens is 393 g/mol. The van der Waals surface area contributed by atoms with Crippen LogP contribution >= 0.6 is 23.2 Å². The van der Waals surface area contributed by atoms with E-state index in [1.165, 1.54) is 32.2 Å². The highest BCUT2D eigenvalue weighted by atomic mass is 35.5. The van der Waals surface area contributed by atoms with Crippen LogP contribution in [0.5, 0.6) is 5.75 Å². The van der Waals surface area contributed by atoms with Crippen LogP contribution in [0, 0.1) is 0 Å². The molecule has 27 heavy (non-hydrogen) atoms. The summed E-state index contributed by atoms with van der Waals surface area (Å²) in [6.07, 6.45) is -0.993. The maximum atomic E-state index is 12.3. The van der Waals surface area contributed by atoms with Crippen LogP contribution < -0.4 is 10.1 Å². The third-order valence-electron chi connectivity index (χ3n) is 3.63. The molecule has 142 valence electrons. The number of benzene rings is 2. The molecule has 0 heterocycles. The smallest absolute Gasteiger partial charge is 0.326 e. The van der Waals surface area contributed by atoms with Gasteiger partial charge in [-0.15, -0.1) is 0 Å². The number of ether oxygens (including phenoxy) is 2. The fourth-order valence-electron chi connectivity index (χ4n) is 2.17. The van der Waals surface area contributed by atoms with Crippen molar-refractivity contribution in [2.45, 2.75) is 13.0 Å². The molecule has 1 N–H and O–H groups in total. The summed E-state index contributed by atoms with van der Waals surface area (Å²) < 4.78 is 10.1. The number of rotatable bonds is 7. The first-order valence-electron chi connectivity index (χ1n) is 7.93. The number of esters is 1. The van der Waals surface area contributed by atoms with Gasteiger partial charge in [-0.05, 0) is 49.4 Å². The summed E-state index contributed by atoms with van der Waals surface area (Å²) in [6.45, 7) is 1.07. The average Bonchev–Trinajstić information content (AvgIpc) is 2.67. The summed E-state index contributed by atoms with van der Waals surface area (Å²) in [6, 6.07) is 10.8. The summed E-state index contributed by atoms with van der Waals surface area (Å²) >= 11 is 11.6. The van der Waals surface area contributed by atoms with Gasteiger partial charge in [0.15, 0.2) is 6.10 Å². The fourth-order valence-corrected chi connectivity index (χ4v) is 2.47. The predicted molar refractivity (Wildman–Crippen MR) is 102 cm³/mol. The monoisotopic (exact) mass is 409 g/mol. The summed E-state index contributed by atoms with van der Waals surface area (Å²) in [5, 5.41) is 2.95. The maximum Gasteiger partial charge on any atom is 0.326 e. The van der Waals surface area contributed by atoms with Gasteiger partial charge in [-0.25, -0.2) is 0 Å². The lowest BCUT2D eigenvalue weighted by Crippen LogP contribution is -2.34. The van der Waals surface area contributed by atoms with Crippen LogP contribution in [-0.2, 0) is 9.53 Å². The standard InChI is InChI=1S/C19H17Cl2NO5/c1-11(18(24)12-3-6-14(26-2)7-4-12)27-17(23)10-22-19(25)13-5-8-15(20)16(21)9-13/h3-9,11H,10H2,1-2H3,(H,22,25)/t11-/m0/s1. The van der Waals surface area contributed by atoms with Gasteiger partial charge in [0.2, 0.25) is 5.78 Å². The topological polar surface area (TPSA) is 81.7 Å². The van der Waals surface area contributed by atoms with Crippen molar-refractivity contribution < 1.29 is 23.9 Å². The third kappa shape index (κ3) is 5.70. The van der Waals surface area contributed by atoms with E-state index in [9.17, 15) is 14.4 Å². The number of hydrogen-bond donors (Lipinski definition) is 1. The van der Waals surface area contributed by atoms with Crippen molar-refractivity contribution in [3.8, 4) is 5.75 Å². The Morgan fingerprint density at radius 1 is 1.00 bits per heavy atom. The van der Waals surface area contributed by atoms with Crippen LogP contribution in [0.3, 0.4) is 0 Å². The first-order chi connectivity index (χ1) is 12.8. The number of Topliss-reactive ketones (excluding diaryl/α,β-unsaturated/α-hetero) is 1. The number of carbonyl (C=O) groups is 3. The number of carbonyl (C=O) groups excluding carboxylic acids is 3. The minimum Gasteiger partial charge on any atom is -0.497 e. The van der Waals surface area contributed by atoms with Crippen LogP contribution in [-0.4, -0.2) is 37.4 Å². The molecule has 0 unspecified atom stereocenters. The second kappa shape index (κ2) is 9.39. The first-order valence-corrected chi connectivity index (χ1v) is 8.68. The molecule has 0 aliphatic rings. The van der Waals surface area contributed by atoms with E-state index in [1.807, 2.05) is 0 Å². The van der Waals surface area contributed by atoms with E-state index in [4.69, 9.17) is 32.7 Å². The van der Waals surface area contributed by atoms with Crippen molar-refractivity contribution in [3.05, 3.63) is 63.6 Å². The van der Waals surface area contributed by atoms with Gasteiger partial charge in [0.05, 0.1) is 17.2 Å². The van der Waals surface area contributed by atoms with E-state index in [0.29, 0.717) is 16.3 Å². The van der Waals surface area contributed by atoms with Gasteiger partial charge in [0.1, 0.15) is 12.3 Å². The molecule has 1 atom stereocenters. The number of ketones is 1. The highest BCUT2D eigenvalue weighted by molar-refractivity contribution is 6.42. The van der Waals surface area contributed by atoms with Crippen LogP contribution in [0.25, 0.3) is 0 Å². The molecule has 0 saturated carbocycles. The zero-order chi connectivity index (χ0) is 20.0. The van der Waals surface area contributed by atoms with Crippen molar-refractivity contribution in [2.24, 2.45) is 0 Å². The van der Waals surface area contributed by atoms with E-state index >= 15 is 0 Å². The van der Waals surface area contributed by atoms with E-state index in [0.717, 1.165) is 0 Å². The second-order valence-electron chi connectivity index (χ2n) is 5.54. The molecule has 2 rings (SSSR count). The van der Waals surface area contributed by atoms with Crippen molar-refractivity contribution in [1.29, 1.82) is 0 Å². The minimum absolute atomic E-state index is 0.227. The van der Waals surface area contributed by atoms with Crippen LogP contribution in [0.1, 0.15) is 27.6 Å². The van der Waals surface area contributed by atoms with Gasteiger partial charge in [-0.1, -0.05) is 23.2 Å². The highest BCUT2D eigenvalue weighted by Gasteiger charge is 2.20. The Labute approximate surface area is 166 Å². The first kappa shape index (κ1) is 20.7. The lowest BCUT2D eigenvalue weighted by molar-refractivity contribution is -0.145. The predicted octanol–water partition coefficient (Wildman–Crippen LogP) is 3.55. The number of methoxy groups -OCH3 is 1. The summed E-state index contributed by atoms with van der Waals surface area (Å²) in [5.41, 5.74) is 0.635. The van der Waals surface area contributed by atoms with Crippen molar-refractivity contribution in [2.75, 3.05) is 13.7 Å². The van der Waals surface area contributed by atoms with Gasteiger partial charge in [-0.2, -0.15) is 0 Å². The SMILES string of the molecule is COc1ccc(C(=O)[C@H](C)OC(=O)CNC(=O)c2ccc(Cl)c(Cl)c2)cc1. The Morgan fingerprint density at radius 3 is 2.22 bits per heavy atom. The Hall–Kier alpha value is -2.57. The molecule has 0 saturated heterocycles. The van der Waals surface area contributed by atoms with Gasteiger partial charge in [0.25, 0.3) is 5.91 Å². The molecular formula is C19H17Cl2NO5. The van der Waals surface area contributed by atoms with Crippen LogP contribution in [0.4, 0.5) is 0 Å². The highest BCUT2D eigenvalue weighted by Crippen LogP contribution is 2.22. The Kier molecular flexibility index (Phi) is 7.21. The lowest BCUT2D eigenvalue weighted by atomic mass is 10.1. The minimum atomic E-state index is -0.993. The molecule has 0 aliphatic carbocycles. The van der Waals surface area contributed by atoms with E-state index < -0.39 is 18.0 Å². The van der Waals surface area contributed by atoms with E-state index in [-0.39, 0.29) is 22.9 Å². The van der Waals surface area contributed by atoms with Crippen molar-refractivity contribution in [1.82, 2.24) is 5.32 Å². The zero-order valence-electron chi connectivity index (χ0n) is 14.6. The Balaban J connectivity index is 1.87. The average molecular weight is 410 g/mol. The van der Waals surface area contributed by atoms with Crippen LogP contribution in [0.15, 0.2) is 42.5 Å². The van der Waals surface area contributed by atoms with Crippen LogP contribution in [0.2, 0.25) is 10.0 Å². The Bertz CT molecular complexity index is 852. The molecule has 2 aromatic rings. The third-order valence-corrected chi connectivity index (χ3v) is 4.37. The lowest BCUT2D eigenvalue weighted by Gasteiger charge is -2.13. The Morgan fingerprint density at radius 2 is 1.63 bits per heavy atom. The molecule has 0 spiro atoms. The molecule has 2 aromatic carbocycles. The molecule has 0 radical (unpaired) electrons. The second-order valence-corrected chi connectivity index (χ2v) is 6.35. The summed E-state index contributed by atoms with van der Waals surface area (Å²) in [5.74, 6) is -1.000. The quantitative estimate of drug-likeness (QED) is 0.558. The van der Waals surface area contributed by atoms with Crippen molar-refractivity contribution >= 4 is 40.9 Å². The molecule has 1 amide bonds. The zero-order valence-corrected chi connectivity index (χ0v) is 16.1. The maximum absolute atomic E-state index is 12.3. The summed E-state index contributed by atoms with van der Waals surface area (Å²) in [4.78, 5) is 36.2. The fraction of sp³-hybridized carbons (Fsp3) is 0.211. The van der Waals surface area contributed by atoms with E-state index in [2.05, 4.69) is 5.32 Å². The molecule has 0 bridgehead atoms. The summed E-state index contributed by atoms with van der Waals surface area (Å²) in [7, 11) is 1.52. The van der Waals surface area contributed by atoms with Crippen molar-refractivity contribution in [3.63, 3.8) is 0 Å². The number of amides is 1. The molecule has 0 aliphatic heterocycles. The number of hydrogen-bond acceptors (Lipinski definition) is 5. The molecule has 0 fully saturated rings. The molecule has 0 aromatic heterocycles. The van der Waals surface area contributed by atoms with Gasteiger partial charge in [0, 0.05) is 11.1 Å². The normalized spacial score (nSPS) is 11.4. The van der Waals surface area contributed by atoms with Gasteiger partial charge in [-0.3, -0.25) is 14.4 Å². The largest absolute Gasteiger partial charge is 0.497 e. The van der Waals surface area contributed by atoms with E-state index in [1.54, 1.807) is 24.3 Å². The number of nitrogens with one attached hydrogen (secondary N) is 1.